The van der Waals surface area contributed by atoms with Gasteiger partial charge in [-0.25, -0.2) is 0 Å². The van der Waals surface area contributed by atoms with Crippen LogP contribution in [0.5, 0.6) is 5.75 Å². The Labute approximate surface area is 112 Å². The summed E-state index contributed by atoms with van der Waals surface area (Å²) in [6.45, 7) is 1.82. The molecule has 0 radical (unpaired) electrons. The van der Waals surface area contributed by atoms with Gasteiger partial charge in [0.25, 0.3) is 0 Å². The lowest BCUT2D eigenvalue weighted by Gasteiger charge is -2.07. The first-order chi connectivity index (χ1) is 8.25. The summed E-state index contributed by atoms with van der Waals surface area (Å²) in [4.78, 5) is 0. The van der Waals surface area contributed by atoms with Crippen molar-refractivity contribution in [1.29, 1.82) is 0 Å². The van der Waals surface area contributed by atoms with Crippen LogP contribution in [0.1, 0.15) is 25.7 Å². The number of benzene rings is 1. The second-order valence-electron chi connectivity index (χ2n) is 4.36. The van der Waals surface area contributed by atoms with Crippen molar-refractivity contribution in [2.45, 2.75) is 31.7 Å². The van der Waals surface area contributed by atoms with Crippen LogP contribution in [0.15, 0.2) is 18.2 Å². The van der Waals surface area contributed by atoms with Gasteiger partial charge in [0.2, 0.25) is 0 Å². The van der Waals surface area contributed by atoms with Crippen molar-refractivity contribution in [2.75, 3.05) is 13.2 Å². The average Bonchev–Trinajstić information content (AvgIpc) is 3.12. The van der Waals surface area contributed by atoms with Crippen molar-refractivity contribution in [2.24, 2.45) is 0 Å². The molecule has 4 heteroatoms. The SMILES string of the molecule is Clc1ccc(OCCCCNC2CC2)cc1Cl. The van der Waals surface area contributed by atoms with Gasteiger partial charge in [-0.3, -0.25) is 0 Å². The molecule has 0 spiro atoms. The third kappa shape index (κ3) is 4.74. The largest absolute Gasteiger partial charge is 0.494 e. The predicted molar refractivity (Wildman–Crippen MR) is 72.2 cm³/mol. The van der Waals surface area contributed by atoms with Crippen LogP contribution in [-0.4, -0.2) is 19.2 Å². The summed E-state index contributed by atoms with van der Waals surface area (Å²) in [5.74, 6) is 0.787. The van der Waals surface area contributed by atoms with Gasteiger partial charge in [0.15, 0.2) is 0 Å². The summed E-state index contributed by atoms with van der Waals surface area (Å²) in [5.41, 5.74) is 0. The van der Waals surface area contributed by atoms with Gasteiger partial charge in [-0.2, -0.15) is 0 Å². The van der Waals surface area contributed by atoms with Gasteiger partial charge in [0.05, 0.1) is 16.7 Å². The van der Waals surface area contributed by atoms with Gasteiger partial charge in [0, 0.05) is 12.1 Å². The maximum atomic E-state index is 5.90. The molecule has 1 aliphatic carbocycles. The lowest BCUT2D eigenvalue weighted by Crippen LogP contribution is -2.17. The minimum atomic E-state index is 0.541. The first-order valence-corrected chi connectivity index (χ1v) is 6.82. The van der Waals surface area contributed by atoms with Crippen LogP contribution in [0.25, 0.3) is 0 Å². The van der Waals surface area contributed by atoms with Crippen molar-refractivity contribution in [3.8, 4) is 5.75 Å². The molecule has 1 aromatic carbocycles. The monoisotopic (exact) mass is 273 g/mol. The number of unbranched alkanes of at least 4 members (excludes halogenated alkanes) is 1. The van der Waals surface area contributed by atoms with E-state index in [1.165, 1.54) is 12.8 Å². The van der Waals surface area contributed by atoms with Crippen LogP contribution >= 0.6 is 23.2 Å². The minimum absolute atomic E-state index is 0.541. The van der Waals surface area contributed by atoms with E-state index in [1.807, 2.05) is 6.07 Å². The van der Waals surface area contributed by atoms with Gasteiger partial charge in [-0.1, -0.05) is 23.2 Å². The fourth-order valence-electron chi connectivity index (χ4n) is 1.58. The second-order valence-corrected chi connectivity index (χ2v) is 5.17. The fraction of sp³-hybridized carbons (Fsp3) is 0.538. The number of ether oxygens (including phenoxy) is 1. The lowest BCUT2D eigenvalue weighted by molar-refractivity contribution is 0.306. The van der Waals surface area contributed by atoms with Gasteiger partial charge in [0.1, 0.15) is 5.75 Å². The van der Waals surface area contributed by atoms with Crippen LogP contribution in [0.2, 0.25) is 10.0 Å². The molecule has 1 aliphatic rings. The molecule has 1 saturated carbocycles. The van der Waals surface area contributed by atoms with E-state index in [0.717, 1.165) is 37.8 Å². The Morgan fingerprint density at radius 3 is 2.71 bits per heavy atom. The summed E-state index contributed by atoms with van der Waals surface area (Å²) < 4.78 is 5.59. The Bertz CT molecular complexity index is 366. The number of rotatable bonds is 7. The van der Waals surface area contributed by atoms with E-state index in [1.54, 1.807) is 12.1 Å². The summed E-state index contributed by atoms with van der Waals surface area (Å²) in [5, 5.41) is 4.58. The molecule has 0 amide bonds. The number of halogens is 2. The first-order valence-electron chi connectivity index (χ1n) is 6.07. The molecule has 0 saturated heterocycles. The van der Waals surface area contributed by atoms with Crippen molar-refractivity contribution < 1.29 is 4.74 Å². The summed E-state index contributed by atoms with van der Waals surface area (Å²) in [6.07, 6.45) is 4.90. The van der Waals surface area contributed by atoms with Crippen LogP contribution < -0.4 is 10.1 Å². The van der Waals surface area contributed by atoms with Crippen LogP contribution in [0.4, 0.5) is 0 Å². The molecule has 0 bridgehead atoms. The van der Waals surface area contributed by atoms with Crippen molar-refractivity contribution in [1.82, 2.24) is 5.32 Å². The van der Waals surface area contributed by atoms with Gasteiger partial charge in [-0.15, -0.1) is 0 Å². The average molecular weight is 274 g/mol. The number of hydrogen-bond donors (Lipinski definition) is 1. The van der Waals surface area contributed by atoms with E-state index in [4.69, 9.17) is 27.9 Å². The first kappa shape index (κ1) is 13.0. The number of hydrogen-bond acceptors (Lipinski definition) is 2. The van der Waals surface area contributed by atoms with Gasteiger partial charge >= 0.3 is 0 Å². The third-order valence-corrected chi connectivity index (χ3v) is 3.48. The number of nitrogens with one attached hydrogen (secondary N) is 1. The van der Waals surface area contributed by atoms with E-state index in [9.17, 15) is 0 Å². The van der Waals surface area contributed by atoms with Gasteiger partial charge in [-0.05, 0) is 44.4 Å². The fourth-order valence-corrected chi connectivity index (χ4v) is 1.87. The van der Waals surface area contributed by atoms with Crippen molar-refractivity contribution >= 4 is 23.2 Å². The zero-order valence-corrected chi connectivity index (χ0v) is 11.2. The van der Waals surface area contributed by atoms with Crippen LogP contribution in [0.3, 0.4) is 0 Å². The van der Waals surface area contributed by atoms with E-state index < -0.39 is 0 Å². The Kier molecular flexibility index (Phi) is 4.96. The smallest absolute Gasteiger partial charge is 0.120 e. The van der Waals surface area contributed by atoms with E-state index in [2.05, 4.69) is 5.32 Å². The minimum Gasteiger partial charge on any atom is -0.494 e. The zero-order valence-electron chi connectivity index (χ0n) is 9.72. The third-order valence-electron chi connectivity index (χ3n) is 2.74. The van der Waals surface area contributed by atoms with E-state index in [-0.39, 0.29) is 0 Å². The molecular weight excluding hydrogens is 257 g/mol. The van der Waals surface area contributed by atoms with E-state index in [0.29, 0.717) is 10.0 Å². The summed E-state index contributed by atoms with van der Waals surface area (Å²) in [6, 6.07) is 6.16. The molecule has 0 aliphatic heterocycles. The highest BCUT2D eigenvalue weighted by molar-refractivity contribution is 6.42. The standard InChI is InChI=1S/C13H17Cl2NO/c14-12-6-5-11(9-13(12)15)17-8-2-1-7-16-10-3-4-10/h5-6,9-10,16H,1-4,7-8H2. The highest BCUT2D eigenvalue weighted by atomic mass is 35.5. The highest BCUT2D eigenvalue weighted by Gasteiger charge is 2.19. The molecule has 0 atom stereocenters. The Balaban J connectivity index is 1.58. The summed E-state index contributed by atoms with van der Waals surface area (Å²) >= 11 is 11.7. The Hall–Kier alpha value is -0.440. The predicted octanol–water partition coefficient (Wildman–Crippen LogP) is 3.90. The maximum Gasteiger partial charge on any atom is 0.120 e. The Morgan fingerprint density at radius 1 is 1.18 bits per heavy atom. The molecule has 1 N–H and O–H groups in total. The topological polar surface area (TPSA) is 21.3 Å². The normalized spacial score (nSPS) is 14.9. The zero-order chi connectivity index (χ0) is 12.1. The van der Waals surface area contributed by atoms with E-state index >= 15 is 0 Å². The molecule has 1 aromatic rings. The van der Waals surface area contributed by atoms with Crippen LogP contribution in [0, 0.1) is 0 Å². The molecule has 2 rings (SSSR count). The molecule has 1 fully saturated rings. The molecule has 0 aromatic heterocycles. The molecule has 17 heavy (non-hydrogen) atoms. The molecular formula is C13H17Cl2NO. The van der Waals surface area contributed by atoms with Crippen LogP contribution in [-0.2, 0) is 0 Å². The van der Waals surface area contributed by atoms with Crippen molar-refractivity contribution in [3.05, 3.63) is 28.2 Å². The second kappa shape index (κ2) is 6.48. The van der Waals surface area contributed by atoms with Gasteiger partial charge < -0.3 is 10.1 Å². The Morgan fingerprint density at radius 2 is 2.00 bits per heavy atom. The molecule has 0 heterocycles. The highest BCUT2D eigenvalue weighted by Crippen LogP contribution is 2.26. The maximum absolute atomic E-state index is 5.90. The molecule has 2 nitrogen and oxygen atoms in total. The molecule has 0 unspecified atom stereocenters. The lowest BCUT2D eigenvalue weighted by atomic mass is 10.3. The summed E-state index contributed by atoms with van der Waals surface area (Å²) in [7, 11) is 0. The quantitative estimate of drug-likeness (QED) is 0.761. The molecule has 94 valence electrons. The van der Waals surface area contributed by atoms with Crippen molar-refractivity contribution in [3.63, 3.8) is 0 Å².